The minimum Gasteiger partial charge on any atom is -0.352 e. The van der Waals surface area contributed by atoms with Crippen molar-refractivity contribution >= 4 is 27.5 Å². The molecule has 0 spiro atoms. The Balaban J connectivity index is 1.67. The number of rotatable bonds is 5. The van der Waals surface area contributed by atoms with Crippen LogP contribution in [0.4, 0.5) is 5.69 Å². The smallest absolute Gasteiger partial charge is 0.243 e. The third-order valence-electron chi connectivity index (χ3n) is 6.15. The first-order valence-corrected chi connectivity index (χ1v) is 12.3. The monoisotopic (exact) mass is 435 g/mol. The Morgan fingerprint density at radius 1 is 1.13 bits per heavy atom. The van der Waals surface area contributed by atoms with Crippen LogP contribution in [0.5, 0.6) is 0 Å². The molecule has 1 aromatic carbocycles. The highest BCUT2D eigenvalue weighted by atomic mass is 32.2. The molecule has 0 saturated heterocycles. The predicted octanol–water partition coefficient (Wildman–Crippen LogP) is 2.83. The summed E-state index contributed by atoms with van der Waals surface area (Å²) in [7, 11) is -2.36. The van der Waals surface area contributed by atoms with E-state index in [2.05, 4.69) is 5.32 Å². The minimum atomic E-state index is -3.80. The molecule has 0 aromatic heterocycles. The third-order valence-corrected chi connectivity index (χ3v) is 7.95. The number of amides is 2. The Hall–Kier alpha value is -1.93. The minimum absolute atomic E-state index is 0.00253. The van der Waals surface area contributed by atoms with Gasteiger partial charge in [-0.05, 0) is 49.9 Å². The Morgan fingerprint density at radius 2 is 1.77 bits per heavy atom. The van der Waals surface area contributed by atoms with Crippen LogP contribution in [0.3, 0.4) is 0 Å². The molecule has 2 aliphatic rings. The first-order chi connectivity index (χ1) is 14.2. The van der Waals surface area contributed by atoms with Crippen LogP contribution >= 0.6 is 0 Å². The number of hydrogen-bond acceptors (Lipinski definition) is 4. The maximum atomic E-state index is 13.0. The van der Waals surface area contributed by atoms with Crippen molar-refractivity contribution < 1.29 is 18.0 Å². The van der Waals surface area contributed by atoms with E-state index in [-0.39, 0.29) is 35.3 Å². The molecule has 1 saturated carbocycles. The van der Waals surface area contributed by atoms with Gasteiger partial charge < -0.3 is 10.2 Å². The summed E-state index contributed by atoms with van der Waals surface area (Å²) in [5, 5.41) is 3.02. The zero-order valence-electron chi connectivity index (χ0n) is 18.2. The van der Waals surface area contributed by atoms with E-state index in [9.17, 15) is 18.0 Å². The van der Waals surface area contributed by atoms with E-state index in [0.717, 1.165) is 41.2 Å². The predicted molar refractivity (Wildman–Crippen MR) is 117 cm³/mol. The van der Waals surface area contributed by atoms with Gasteiger partial charge in [0.25, 0.3) is 0 Å². The summed E-state index contributed by atoms with van der Waals surface area (Å²) in [5.74, 6) is -0.316. The Kier molecular flexibility index (Phi) is 7.18. The maximum absolute atomic E-state index is 13.0. The fraction of sp³-hybridized carbons (Fsp3) is 0.636. The molecule has 1 atom stereocenters. The number of likely N-dealkylation sites (N-methyl/N-ethyl adjacent to an activating group) is 1. The van der Waals surface area contributed by atoms with Gasteiger partial charge in [-0.1, -0.05) is 32.1 Å². The summed E-state index contributed by atoms with van der Waals surface area (Å²) < 4.78 is 27.2. The topological polar surface area (TPSA) is 86.8 Å². The molecule has 3 rings (SSSR count). The third kappa shape index (κ3) is 5.03. The number of benzene rings is 1. The normalized spacial score (nSPS) is 20.5. The van der Waals surface area contributed by atoms with Crippen molar-refractivity contribution in [3.8, 4) is 0 Å². The number of fused-ring (bicyclic) bond motifs is 1. The Labute approximate surface area is 179 Å². The van der Waals surface area contributed by atoms with E-state index in [1.54, 1.807) is 17.0 Å². The second-order valence-electron chi connectivity index (χ2n) is 8.60. The van der Waals surface area contributed by atoms with Gasteiger partial charge in [-0.2, -0.15) is 4.31 Å². The van der Waals surface area contributed by atoms with Gasteiger partial charge in [0.2, 0.25) is 21.8 Å². The van der Waals surface area contributed by atoms with Gasteiger partial charge in [-0.15, -0.1) is 0 Å². The quantitative estimate of drug-likeness (QED) is 0.770. The molecule has 166 valence electrons. The first kappa shape index (κ1) is 22.7. The summed E-state index contributed by atoms with van der Waals surface area (Å²) in [5.41, 5.74) is 1.60. The second-order valence-corrected chi connectivity index (χ2v) is 10.6. The summed E-state index contributed by atoms with van der Waals surface area (Å²) in [6.45, 7) is 3.26. The fourth-order valence-corrected chi connectivity index (χ4v) is 5.77. The second kappa shape index (κ2) is 9.47. The Morgan fingerprint density at radius 3 is 2.40 bits per heavy atom. The van der Waals surface area contributed by atoms with Crippen LogP contribution in [0.25, 0.3) is 0 Å². The molecule has 1 aliphatic heterocycles. The first-order valence-electron chi connectivity index (χ1n) is 10.9. The molecule has 1 aromatic rings. The molecule has 0 radical (unpaired) electrons. The van der Waals surface area contributed by atoms with Gasteiger partial charge in [0.1, 0.15) is 0 Å². The maximum Gasteiger partial charge on any atom is 0.243 e. The van der Waals surface area contributed by atoms with Crippen LogP contribution in [-0.4, -0.2) is 50.2 Å². The molecular weight excluding hydrogens is 402 g/mol. The molecular formula is C22H33N3O4S. The van der Waals surface area contributed by atoms with Gasteiger partial charge in [0.15, 0.2) is 0 Å². The average Bonchev–Trinajstić information content (AvgIpc) is 2.98. The Bertz CT molecular complexity index is 892. The number of nitrogens with one attached hydrogen (secondary N) is 1. The number of carbonyl (C=O) groups excluding carboxylic acids is 2. The molecule has 1 aliphatic carbocycles. The van der Waals surface area contributed by atoms with Gasteiger partial charge >= 0.3 is 0 Å². The molecule has 1 N–H and O–H groups in total. The lowest BCUT2D eigenvalue weighted by atomic mass is 9.97. The largest absolute Gasteiger partial charge is 0.352 e. The van der Waals surface area contributed by atoms with Crippen LogP contribution in [0, 0.1) is 0 Å². The highest BCUT2D eigenvalue weighted by Crippen LogP contribution is 2.34. The van der Waals surface area contributed by atoms with Crippen molar-refractivity contribution in [1.29, 1.82) is 0 Å². The van der Waals surface area contributed by atoms with E-state index in [4.69, 9.17) is 0 Å². The van der Waals surface area contributed by atoms with Gasteiger partial charge in [-0.25, -0.2) is 8.42 Å². The van der Waals surface area contributed by atoms with E-state index >= 15 is 0 Å². The van der Waals surface area contributed by atoms with Crippen molar-refractivity contribution in [2.75, 3.05) is 18.5 Å². The van der Waals surface area contributed by atoms with E-state index in [1.807, 2.05) is 6.92 Å². The van der Waals surface area contributed by atoms with Crippen LogP contribution < -0.4 is 10.2 Å². The SMILES string of the molecule is CC(=O)N1c2ccc(S(=O)(=O)N(C)CC(=O)NC3CCCCCCC3)cc2C[C@H]1C. The molecule has 1 fully saturated rings. The van der Waals surface area contributed by atoms with E-state index in [1.165, 1.54) is 39.3 Å². The average molecular weight is 436 g/mol. The molecule has 0 unspecified atom stereocenters. The number of nitrogens with zero attached hydrogens (tertiary/aromatic N) is 2. The molecule has 8 heteroatoms. The summed E-state index contributed by atoms with van der Waals surface area (Å²) in [6, 6.07) is 4.98. The standard InChI is InChI=1S/C22H33N3O4S/c1-16-13-18-14-20(11-12-21(18)25(16)17(2)26)30(28,29)24(3)15-22(27)23-19-9-7-5-4-6-8-10-19/h11-12,14,16,19H,4-10,13,15H2,1-3H3,(H,23,27)/t16-/m1/s1. The lowest BCUT2D eigenvalue weighted by Crippen LogP contribution is -2.42. The zero-order chi connectivity index (χ0) is 21.9. The molecule has 2 amide bonds. The number of carbonyl (C=O) groups is 2. The summed E-state index contributed by atoms with van der Waals surface area (Å²) in [6.07, 6.45) is 8.37. The lowest BCUT2D eigenvalue weighted by Gasteiger charge is -2.23. The number of anilines is 1. The molecule has 1 heterocycles. The number of sulfonamides is 1. The highest BCUT2D eigenvalue weighted by Gasteiger charge is 2.31. The van der Waals surface area contributed by atoms with Crippen molar-refractivity contribution in [3.05, 3.63) is 23.8 Å². The van der Waals surface area contributed by atoms with Crippen LogP contribution in [0.15, 0.2) is 23.1 Å². The van der Waals surface area contributed by atoms with Gasteiger partial charge in [0.05, 0.1) is 11.4 Å². The zero-order valence-corrected chi connectivity index (χ0v) is 19.0. The summed E-state index contributed by atoms with van der Waals surface area (Å²) in [4.78, 5) is 26.2. The van der Waals surface area contributed by atoms with E-state index < -0.39 is 10.0 Å². The van der Waals surface area contributed by atoms with Crippen molar-refractivity contribution in [2.45, 2.75) is 82.2 Å². The summed E-state index contributed by atoms with van der Waals surface area (Å²) >= 11 is 0. The van der Waals surface area contributed by atoms with Gasteiger partial charge in [-0.3, -0.25) is 9.59 Å². The van der Waals surface area contributed by atoms with Crippen molar-refractivity contribution in [1.82, 2.24) is 9.62 Å². The van der Waals surface area contributed by atoms with Crippen molar-refractivity contribution in [3.63, 3.8) is 0 Å². The lowest BCUT2D eigenvalue weighted by molar-refractivity contribution is -0.122. The molecule has 30 heavy (non-hydrogen) atoms. The van der Waals surface area contributed by atoms with E-state index in [0.29, 0.717) is 6.42 Å². The van der Waals surface area contributed by atoms with Crippen molar-refractivity contribution in [2.24, 2.45) is 0 Å². The van der Waals surface area contributed by atoms with Crippen LogP contribution in [0.1, 0.15) is 64.4 Å². The van der Waals surface area contributed by atoms with Crippen LogP contribution in [0.2, 0.25) is 0 Å². The molecule has 7 nitrogen and oxygen atoms in total. The highest BCUT2D eigenvalue weighted by molar-refractivity contribution is 7.89. The fourth-order valence-electron chi connectivity index (χ4n) is 4.59. The number of hydrogen-bond donors (Lipinski definition) is 1. The van der Waals surface area contributed by atoms with Crippen LogP contribution in [-0.2, 0) is 26.0 Å². The molecule has 0 bridgehead atoms. The van der Waals surface area contributed by atoms with Gasteiger partial charge in [0, 0.05) is 31.7 Å².